The Morgan fingerprint density at radius 1 is 1.60 bits per heavy atom. The summed E-state index contributed by atoms with van der Waals surface area (Å²) >= 11 is 4.98. The molecule has 15 heavy (non-hydrogen) atoms. The normalized spacial score (nSPS) is 20.3. The van der Waals surface area contributed by atoms with Gasteiger partial charge in [0.25, 0.3) is 0 Å². The molecule has 0 radical (unpaired) electrons. The summed E-state index contributed by atoms with van der Waals surface area (Å²) in [6.07, 6.45) is 6.00. The number of allylic oxidation sites excluding steroid dienone is 4. The predicted octanol–water partition coefficient (Wildman–Crippen LogP) is 2.28. The monoisotopic (exact) mass is 287 g/mol. The smallest absolute Gasteiger partial charge is 0.230 e. The van der Waals surface area contributed by atoms with Gasteiger partial charge in [-0.1, -0.05) is 40.7 Å². The predicted molar refractivity (Wildman–Crippen MR) is 70.5 cm³/mol. The maximum atomic E-state index is 11.1. The van der Waals surface area contributed by atoms with Crippen LogP contribution in [0.4, 0.5) is 0 Å². The zero-order valence-electron chi connectivity index (χ0n) is 8.46. The third-order valence-electron chi connectivity index (χ3n) is 1.87. The highest BCUT2D eigenvalue weighted by molar-refractivity contribution is 9.09. The molecule has 1 amide bonds. The van der Waals surface area contributed by atoms with Crippen LogP contribution < -0.4 is 5.32 Å². The van der Waals surface area contributed by atoms with Gasteiger partial charge in [0.1, 0.15) is 0 Å². The van der Waals surface area contributed by atoms with Gasteiger partial charge in [-0.2, -0.15) is 0 Å². The van der Waals surface area contributed by atoms with Crippen LogP contribution in [0, 0.1) is 0 Å². The van der Waals surface area contributed by atoms with Crippen molar-refractivity contribution in [3.63, 3.8) is 0 Å². The molecular weight excluding hydrogens is 274 g/mol. The molecule has 0 atom stereocenters. The van der Waals surface area contributed by atoms with Crippen LogP contribution in [0.3, 0.4) is 0 Å². The quantitative estimate of drug-likeness (QED) is 0.637. The lowest BCUT2D eigenvalue weighted by Gasteiger charge is -2.00. The van der Waals surface area contributed by atoms with Crippen molar-refractivity contribution in [1.82, 2.24) is 5.32 Å². The lowest BCUT2D eigenvalue weighted by Crippen LogP contribution is -2.24. The summed E-state index contributed by atoms with van der Waals surface area (Å²) < 4.78 is 0. The number of hydrogen-bond donors (Lipinski definition) is 1. The van der Waals surface area contributed by atoms with E-state index < -0.39 is 0 Å². The minimum absolute atomic E-state index is 0.122. The Labute approximate surface area is 103 Å². The highest BCUT2D eigenvalue weighted by Gasteiger charge is 2.08. The van der Waals surface area contributed by atoms with Gasteiger partial charge in [0, 0.05) is 17.6 Å². The average molecular weight is 288 g/mol. The van der Waals surface area contributed by atoms with Gasteiger partial charge in [0.05, 0.1) is 5.75 Å². The molecule has 0 saturated carbocycles. The third-order valence-corrected chi connectivity index (χ3v) is 3.63. The van der Waals surface area contributed by atoms with Crippen molar-refractivity contribution < 1.29 is 4.79 Å². The molecule has 1 saturated heterocycles. The number of rotatable bonds is 3. The van der Waals surface area contributed by atoms with Crippen molar-refractivity contribution in [2.24, 2.45) is 0 Å². The molecule has 0 bridgehead atoms. The standard InChI is InChI=1S/C11H14BrNOS/c1-9(5-12)3-2-4-10-6-13-11(14)8-15-7-10/h2-4H,1,5-8H2,(H,13,14)/b3-2-,10-4-. The summed E-state index contributed by atoms with van der Waals surface area (Å²) in [6.45, 7) is 4.51. The molecule has 1 aliphatic heterocycles. The zero-order valence-corrected chi connectivity index (χ0v) is 10.9. The molecule has 1 aliphatic rings. The summed E-state index contributed by atoms with van der Waals surface area (Å²) in [5.74, 6) is 1.61. The maximum absolute atomic E-state index is 11.1. The SMILES string of the molecule is C=C(/C=C\C=C1\CNC(=O)CSC1)CBr. The molecule has 0 aromatic carbocycles. The van der Waals surface area contributed by atoms with Crippen LogP contribution >= 0.6 is 27.7 Å². The fourth-order valence-corrected chi connectivity index (χ4v) is 2.10. The fourth-order valence-electron chi connectivity index (χ4n) is 1.06. The Morgan fingerprint density at radius 2 is 2.40 bits per heavy atom. The summed E-state index contributed by atoms with van der Waals surface area (Å²) in [5, 5.41) is 3.64. The molecule has 1 rings (SSSR count). The molecule has 0 spiro atoms. The minimum atomic E-state index is 0.122. The van der Waals surface area contributed by atoms with Crippen LogP contribution in [0.2, 0.25) is 0 Å². The second-order valence-corrected chi connectivity index (χ2v) is 4.79. The van der Waals surface area contributed by atoms with Crippen LogP contribution in [-0.4, -0.2) is 29.3 Å². The molecular formula is C11H14BrNOS. The Bertz CT molecular complexity index is 310. The number of carbonyl (C=O) groups is 1. The number of nitrogens with one attached hydrogen (secondary N) is 1. The molecule has 2 nitrogen and oxygen atoms in total. The Kier molecular flexibility index (Phi) is 5.79. The highest BCUT2D eigenvalue weighted by atomic mass is 79.9. The first kappa shape index (κ1) is 12.6. The van der Waals surface area contributed by atoms with Crippen LogP contribution in [0.15, 0.2) is 36.0 Å². The van der Waals surface area contributed by atoms with Gasteiger partial charge in [0.2, 0.25) is 5.91 Å². The molecule has 0 aromatic rings. The van der Waals surface area contributed by atoms with E-state index in [-0.39, 0.29) is 5.91 Å². The highest BCUT2D eigenvalue weighted by Crippen LogP contribution is 2.11. The van der Waals surface area contributed by atoms with E-state index in [0.717, 1.165) is 16.7 Å². The molecule has 1 N–H and O–H groups in total. The van der Waals surface area contributed by atoms with E-state index in [1.807, 2.05) is 18.2 Å². The van der Waals surface area contributed by atoms with Gasteiger partial charge >= 0.3 is 0 Å². The van der Waals surface area contributed by atoms with E-state index in [1.54, 1.807) is 11.8 Å². The number of carbonyl (C=O) groups excluding carboxylic acids is 1. The summed E-state index contributed by atoms with van der Waals surface area (Å²) in [4.78, 5) is 11.1. The second-order valence-electron chi connectivity index (χ2n) is 3.25. The summed E-state index contributed by atoms with van der Waals surface area (Å²) in [7, 11) is 0. The largest absolute Gasteiger partial charge is 0.352 e. The Balaban J connectivity index is 2.48. The van der Waals surface area contributed by atoms with E-state index in [2.05, 4.69) is 27.8 Å². The average Bonchev–Trinajstić information content (AvgIpc) is 2.43. The van der Waals surface area contributed by atoms with E-state index in [9.17, 15) is 4.79 Å². The molecule has 4 heteroatoms. The lowest BCUT2D eigenvalue weighted by atomic mass is 10.2. The number of thioether (sulfide) groups is 1. The first-order valence-electron chi connectivity index (χ1n) is 4.66. The lowest BCUT2D eigenvalue weighted by molar-refractivity contribution is -0.118. The summed E-state index contributed by atoms with van der Waals surface area (Å²) in [6, 6.07) is 0. The van der Waals surface area contributed by atoms with Crippen molar-refractivity contribution in [2.45, 2.75) is 0 Å². The van der Waals surface area contributed by atoms with E-state index in [1.165, 1.54) is 5.57 Å². The molecule has 0 aliphatic carbocycles. The van der Waals surface area contributed by atoms with Crippen LogP contribution in [0.5, 0.6) is 0 Å². The minimum Gasteiger partial charge on any atom is -0.352 e. The van der Waals surface area contributed by atoms with Crippen LogP contribution in [0.1, 0.15) is 0 Å². The Hall–Kier alpha value is -0.480. The molecule has 0 unspecified atom stereocenters. The van der Waals surface area contributed by atoms with Crippen molar-refractivity contribution in [1.29, 1.82) is 0 Å². The summed E-state index contributed by atoms with van der Waals surface area (Å²) in [5.41, 5.74) is 2.28. The van der Waals surface area contributed by atoms with Crippen molar-refractivity contribution in [3.8, 4) is 0 Å². The van der Waals surface area contributed by atoms with Crippen molar-refractivity contribution >= 4 is 33.6 Å². The van der Waals surface area contributed by atoms with E-state index in [0.29, 0.717) is 12.3 Å². The second kappa shape index (κ2) is 6.90. The maximum Gasteiger partial charge on any atom is 0.230 e. The topological polar surface area (TPSA) is 29.1 Å². The van der Waals surface area contributed by atoms with Crippen molar-refractivity contribution in [3.05, 3.63) is 36.0 Å². The zero-order chi connectivity index (χ0) is 11.1. The molecule has 82 valence electrons. The third kappa shape index (κ3) is 5.23. The number of amides is 1. The number of alkyl halides is 1. The number of halogens is 1. The van der Waals surface area contributed by atoms with Crippen LogP contribution in [-0.2, 0) is 4.79 Å². The fraction of sp³-hybridized carbons (Fsp3) is 0.364. The first-order valence-corrected chi connectivity index (χ1v) is 6.94. The van der Waals surface area contributed by atoms with Gasteiger partial charge in [-0.25, -0.2) is 0 Å². The van der Waals surface area contributed by atoms with Gasteiger partial charge in [-0.3, -0.25) is 4.79 Å². The van der Waals surface area contributed by atoms with E-state index >= 15 is 0 Å². The first-order chi connectivity index (χ1) is 7.22. The van der Waals surface area contributed by atoms with Gasteiger partial charge < -0.3 is 5.32 Å². The number of hydrogen-bond acceptors (Lipinski definition) is 2. The van der Waals surface area contributed by atoms with Gasteiger partial charge in [-0.05, 0) is 11.1 Å². The van der Waals surface area contributed by atoms with E-state index in [4.69, 9.17) is 0 Å². The molecule has 1 heterocycles. The molecule has 0 aromatic heterocycles. The van der Waals surface area contributed by atoms with Crippen molar-refractivity contribution in [2.75, 3.05) is 23.4 Å². The Morgan fingerprint density at radius 3 is 3.13 bits per heavy atom. The molecule has 1 fully saturated rings. The van der Waals surface area contributed by atoms with Crippen LogP contribution in [0.25, 0.3) is 0 Å². The van der Waals surface area contributed by atoms with Gasteiger partial charge in [0.15, 0.2) is 0 Å². The van der Waals surface area contributed by atoms with Gasteiger partial charge in [-0.15, -0.1) is 11.8 Å².